The molecule has 0 bridgehead atoms. The van der Waals surface area contributed by atoms with Gasteiger partial charge >= 0.3 is 0 Å². The van der Waals surface area contributed by atoms with E-state index in [1.54, 1.807) is 0 Å². The zero-order valence-corrected chi connectivity index (χ0v) is 16.0. The smallest absolute Gasteiger partial charge is 0.226 e. The van der Waals surface area contributed by atoms with Gasteiger partial charge in [0.2, 0.25) is 11.8 Å². The van der Waals surface area contributed by atoms with Gasteiger partial charge < -0.3 is 10.2 Å². The Hall–Kier alpha value is -2.62. The lowest BCUT2D eigenvalue weighted by atomic mass is 10.0. The van der Waals surface area contributed by atoms with E-state index in [4.69, 9.17) is 0 Å². The third-order valence-electron chi connectivity index (χ3n) is 4.67. The molecule has 0 aliphatic rings. The summed E-state index contributed by atoms with van der Waals surface area (Å²) in [6.07, 6.45) is 0.808. The maximum Gasteiger partial charge on any atom is 0.226 e. The molecule has 2 rings (SSSR count). The molecule has 1 N–H and O–H groups in total. The third-order valence-corrected chi connectivity index (χ3v) is 4.67. The minimum atomic E-state index is -0.105. The topological polar surface area (TPSA) is 49.4 Å². The number of carbonyl (C=O) groups excluding carboxylic acids is 2. The average molecular weight is 352 g/mol. The minimum Gasteiger partial charge on any atom is -0.331 e. The molecule has 0 aliphatic heterocycles. The van der Waals surface area contributed by atoms with E-state index >= 15 is 0 Å². The van der Waals surface area contributed by atoms with Crippen molar-refractivity contribution in [3.8, 4) is 0 Å². The van der Waals surface area contributed by atoms with Crippen LogP contribution >= 0.6 is 0 Å². The van der Waals surface area contributed by atoms with Gasteiger partial charge in [-0.25, -0.2) is 0 Å². The summed E-state index contributed by atoms with van der Waals surface area (Å²) < 4.78 is 0. The van der Waals surface area contributed by atoms with Crippen LogP contribution in [-0.4, -0.2) is 16.7 Å². The number of hydrogen-bond donors (Lipinski definition) is 1. The van der Waals surface area contributed by atoms with Gasteiger partial charge in [0, 0.05) is 25.1 Å². The Labute approximate surface area is 156 Å². The maximum atomic E-state index is 13.0. The number of rotatable bonds is 7. The molecule has 0 heterocycles. The van der Waals surface area contributed by atoms with Crippen molar-refractivity contribution in [3.63, 3.8) is 0 Å². The van der Waals surface area contributed by atoms with Crippen molar-refractivity contribution in [2.24, 2.45) is 5.92 Å². The summed E-state index contributed by atoms with van der Waals surface area (Å²) in [5, 5.41) is 2.81. The van der Waals surface area contributed by atoms with Crippen LogP contribution in [0, 0.1) is 5.92 Å². The zero-order valence-electron chi connectivity index (χ0n) is 16.0. The molecule has 4 heteroatoms. The number of carbonyl (C=O) groups is 2. The van der Waals surface area contributed by atoms with E-state index in [1.807, 2.05) is 80.3 Å². The number of hydrogen-bond acceptors (Lipinski definition) is 2. The Bertz CT molecular complexity index is 743. The van der Waals surface area contributed by atoms with Crippen molar-refractivity contribution in [1.82, 2.24) is 4.90 Å². The summed E-state index contributed by atoms with van der Waals surface area (Å²) in [5.74, 6) is 0.0140. The molecule has 2 aromatic carbocycles. The molecule has 2 atom stereocenters. The van der Waals surface area contributed by atoms with Crippen LogP contribution in [0.2, 0.25) is 0 Å². The van der Waals surface area contributed by atoms with Crippen molar-refractivity contribution in [2.75, 3.05) is 5.32 Å². The number of benzene rings is 2. The lowest BCUT2D eigenvalue weighted by Crippen LogP contribution is -2.36. The summed E-state index contributed by atoms with van der Waals surface area (Å²) in [5.41, 5.74) is 2.86. The lowest BCUT2D eigenvalue weighted by Gasteiger charge is -2.32. The van der Waals surface area contributed by atoms with Gasteiger partial charge in [0.25, 0.3) is 0 Å². The monoisotopic (exact) mass is 352 g/mol. The minimum absolute atomic E-state index is 0.0281. The SMILES string of the molecule is CCC(C)C(=O)N(Cc1ccccc1)C(C)c1cccc(NC(C)=O)c1. The first-order valence-electron chi connectivity index (χ1n) is 9.14. The summed E-state index contributed by atoms with van der Waals surface area (Å²) in [4.78, 5) is 26.3. The molecule has 4 nitrogen and oxygen atoms in total. The van der Waals surface area contributed by atoms with Gasteiger partial charge in [0.05, 0.1) is 6.04 Å². The molecular weight excluding hydrogens is 324 g/mol. The highest BCUT2D eigenvalue weighted by molar-refractivity contribution is 5.88. The Morgan fingerprint density at radius 2 is 1.73 bits per heavy atom. The second-order valence-electron chi connectivity index (χ2n) is 6.74. The Kier molecular flexibility index (Phi) is 6.96. The number of nitrogens with one attached hydrogen (secondary N) is 1. The molecule has 2 amide bonds. The van der Waals surface area contributed by atoms with Crippen molar-refractivity contribution in [1.29, 1.82) is 0 Å². The maximum absolute atomic E-state index is 13.0. The van der Waals surface area contributed by atoms with Gasteiger partial charge in [-0.15, -0.1) is 0 Å². The van der Waals surface area contributed by atoms with E-state index in [9.17, 15) is 9.59 Å². The fourth-order valence-electron chi connectivity index (χ4n) is 2.90. The van der Waals surface area contributed by atoms with Gasteiger partial charge in [0.1, 0.15) is 0 Å². The van der Waals surface area contributed by atoms with Crippen molar-refractivity contribution in [2.45, 2.75) is 46.7 Å². The second kappa shape index (κ2) is 9.18. The fourth-order valence-corrected chi connectivity index (χ4v) is 2.90. The summed E-state index contributed by atoms with van der Waals surface area (Å²) in [7, 11) is 0. The highest BCUT2D eigenvalue weighted by Crippen LogP contribution is 2.27. The van der Waals surface area contributed by atoms with Crippen LogP contribution in [-0.2, 0) is 16.1 Å². The average Bonchev–Trinajstić information content (AvgIpc) is 2.65. The first-order chi connectivity index (χ1) is 12.4. The summed E-state index contributed by atoms with van der Waals surface area (Å²) in [6.45, 7) is 8.10. The van der Waals surface area contributed by atoms with Crippen LogP contribution in [0.4, 0.5) is 5.69 Å². The Morgan fingerprint density at radius 3 is 2.35 bits per heavy atom. The van der Waals surface area contributed by atoms with Crippen LogP contribution < -0.4 is 5.32 Å². The van der Waals surface area contributed by atoms with Crippen molar-refractivity contribution >= 4 is 17.5 Å². The Morgan fingerprint density at radius 1 is 1.04 bits per heavy atom. The zero-order chi connectivity index (χ0) is 19.1. The summed E-state index contributed by atoms with van der Waals surface area (Å²) in [6, 6.07) is 17.6. The molecule has 0 saturated heterocycles. The first-order valence-corrected chi connectivity index (χ1v) is 9.14. The van der Waals surface area contributed by atoms with Crippen molar-refractivity contribution in [3.05, 3.63) is 65.7 Å². The van der Waals surface area contributed by atoms with Gasteiger partial charge in [-0.05, 0) is 36.6 Å². The summed E-state index contributed by atoms with van der Waals surface area (Å²) >= 11 is 0. The van der Waals surface area contributed by atoms with E-state index < -0.39 is 0 Å². The lowest BCUT2D eigenvalue weighted by molar-refractivity contribution is -0.138. The predicted molar refractivity (Wildman–Crippen MR) is 106 cm³/mol. The predicted octanol–water partition coefficient (Wildman–Crippen LogP) is 4.78. The highest BCUT2D eigenvalue weighted by atomic mass is 16.2. The molecule has 26 heavy (non-hydrogen) atoms. The number of amides is 2. The van der Waals surface area contributed by atoms with E-state index in [0.717, 1.165) is 23.2 Å². The molecular formula is C22H28N2O2. The first kappa shape index (κ1) is 19.7. The molecule has 0 spiro atoms. The van der Waals surface area contributed by atoms with Crippen LogP contribution in [0.5, 0.6) is 0 Å². The van der Waals surface area contributed by atoms with Gasteiger partial charge in [-0.2, -0.15) is 0 Å². The molecule has 2 aromatic rings. The van der Waals surface area contributed by atoms with Gasteiger partial charge in [0.15, 0.2) is 0 Å². The standard InChI is InChI=1S/C22H28N2O2/c1-5-16(2)22(26)24(15-19-10-7-6-8-11-19)17(3)20-12-9-13-21(14-20)23-18(4)25/h6-14,16-17H,5,15H2,1-4H3,(H,23,25). The third kappa shape index (κ3) is 5.19. The molecule has 2 unspecified atom stereocenters. The van der Waals surface area contributed by atoms with E-state index in [0.29, 0.717) is 6.54 Å². The van der Waals surface area contributed by atoms with Crippen molar-refractivity contribution < 1.29 is 9.59 Å². The molecule has 0 saturated carbocycles. The normalized spacial score (nSPS) is 12.9. The molecule has 0 aliphatic carbocycles. The molecule has 0 fully saturated rings. The van der Waals surface area contributed by atoms with E-state index in [-0.39, 0.29) is 23.8 Å². The number of anilines is 1. The highest BCUT2D eigenvalue weighted by Gasteiger charge is 2.25. The quantitative estimate of drug-likeness (QED) is 0.779. The largest absolute Gasteiger partial charge is 0.331 e. The van der Waals surface area contributed by atoms with Gasteiger partial charge in [-0.3, -0.25) is 9.59 Å². The van der Waals surface area contributed by atoms with E-state index in [2.05, 4.69) is 5.32 Å². The fraction of sp³-hybridized carbons (Fsp3) is 0.364. The Balaban J connectivity index is 2.31. The second-order valence-corrected chi connectivity index (χ2v) is 6.74. The van der Waals surface area contributed by atoms with Crippen LogP contribution in [0.1, 0.15) is 51.3 Å². The molecule has 0 aromatic heterocycles. The number of nitrogens with zero attached hydrogens (tertiary/aromatic N) is 1. The van der Waals surface area contributed by atoms with Crippen LogP contribution in [0.3, 0.4) is 0 Å². The van der Waals surface area contributed by atoms with Gasteiger partial charge in [-0.1, -0.05) is 56.3 Å². The molecule has 138 valence electrons. The van der Waals surface area contributed by atoms with E-state index in [1.165, 1.54) is 6.92 Å². The van der Waals surface area contributed by atoms with Crippen LogP contribution in [0.25, 0.3) is 0 Å². The van der Waals surface area contributed by atoms with Crippen LogP contribution in [0.15, 0.2) is 54.6 Å². The molecule has 0 radical (unpaired) electrons.